The standard InChI is InChI=1S/C11H20N4/c1-8(6-10-4-5-10)12-7-11-14-13-9(2)15(11)3/h8,10,12H,4-7H2,1-3H3. The second kappa shape index (κ2) is 4.31. The lowest BCUT2D eigenvalue weighted by Gasteiger charge is -2.12. The van der Waals surface area contributed by atoms with Gasteiger partial charge in [-0.2, -0.15) is 0 Å². The number of nitrogens with zero attached hydrogens (tertiary/aromatic N) is 3. The summed E-state index contributed by atoms with van der Waals surface area (Å²) >= 11 is 0. The van der Waals surface area contributed by atoms with Crippen molar-refractivity contribution < 1.29 is 0 Å². The Bertz CT molecular complexity index is 327. The van der Waals surface area contributed by atoms with E-state index in [0.29, 0.717) is 6.04 Å². The van der Waals surface area contributed by atoms with Crippen LogP contribution in [0.5, 0.6) is 0 Å². The minimum atomic E-state index is 0.592. The topological polar surface area (TPSA) is 42.7 Å². The Labute approximate surface area is 91.1 Å². The maximum absolute atomic E-state index is 4.13. The van der Waals surface area contributed by atoms with E-state index in [0.717, 1.165) is 24.1 Å². The van der Waals surface area contributed by atoms with Gasteiger partial charge in [0.05, 0.1) is 6.54 Å². The van der Waals surface area contributed by atoms with Gasteiger partial charge in [-0.3, -0.25) is 0 Å². The van der Waals surface area contributed by atoms with E-state index in [1.807, 2.05) is 18.5 Å². The fourth-order valence-corrected chi connectivity index (χ4v) is 1.81. The van der Waals surface area contributed by atoms with Gasteiger partial charge in [0.2, 0.25) is 0 Å². The Morgan fingerprint density at radius 2 is 2.20 bits per heavy atom. The predicted molar refractivity (Wildman–Crippen MR) is 59.4 cm³/mol. The van der Waals surface area contributed by atoms with Crippen LogP contribution >= 0.6 is 0 Å². The molecule has 1 fully saturated rings. The van der Waals surface area contributed by atoms with Gasteiger partial charge in [-0.15, -0.1) is 10.2 Å². The minimum Gasteiger partial charge on any atom is -0.317 e. The fourth-order valence-electron chi connectivity index (χ4n) is 1.81. The number of hydrogen-bond donors (Lipinski definition) is 1. The van der Waals surface area contributed by atoms with Crippen molar-refractivity contribution in [1.82, 2.24) is 20.1 Å². The van der Waals surface area contributed by atoms with Gasteiger partial charge in [-0.05, 0) is 26.2 Å². The second-order valence-corrected chi connectivity index (χ2v) is 4.68. The van der Waals surface area contributed by atoms with Crippen molar-refractivity contribution in [2.75, 3.05) is 0 Å². The molecule has 1 aromatic heterocycles. The molecule has 15 heavy (non-hydrogen) atoms. The van der Waals surface area contributed by atoms with Crippen LogP contribution in [0.1, 0.15) is 37.8 Å². The number of rotatable bonds is 5. The average Bonchev–Trinajstić information content (AvgIpc) is 2.95. The lowest BCUT2D eigenvalue weighted by Crippen LogP contribution is -2.27. The van der Waals surface area contributed by atoms with E-state index in [2.05, 4.69) is 22.4 Å². The molecule has 0 amide bonds. The van der Waals surface area contributed by atoms with Crippen molar-refractivity contribution in [2.24, 2.45) is 13.0 Å². The van der Waals surface area contributed by atoms with E-state index in [9.17, 15) is 0 Å². The first kappa shape index (κ1) is 10.6. The van der Waals surface area contributed by atoms with E-state index >= 15 is 0 Å². The number of aromatic nitrogens is 3. The summed E-state index contributed by atoms with van der Waals surface area (Å²) in [6, 6.07) is 0.592. The van der Waals surface area contributed by atoms with E-state index < -0.39 is 0 Å². The highest BCUT2D eigenvalue weighted by atomic mass is 15.3. The third-order valence-corrected chi connectivity index (χ3v) is 3.18. The lowest BCUT2D eigenvalue weighted by atomic mass is 10.1. The Kier molecular flexibility index (Phi) is 3.05. The summed E-state index contributed by atoms with van der Waals surface area (Å²) in [7, 11) is 2.01. The number of aryl methyl sites for hydroxylation is 1. The summed E-state index contributed by atoms with van der Waals surface area (Å²) in [5, 5.41) is 11.7. The van der Waals surface area contributed by atoms with Crippen LogP contribution in [-0.4, -0.2) is 20.8 Å². The van der Waals surface area contributed by atoms with Crippen LogP contribution in [0.2, 0.25) is 0 Å². The van der Waals surface area contributed by atoms with Crippen molar-refractivity contribution >= 4 is 0 Å². The molecule has 1 atom stereocenters. The average molecular weight is 208 g/mol. The number of nitrogens with one attached hydrogen (secondary N) is 1. The van der Waals surface area contributed by atoms with E-state index in [-0.39, 0.29) is 0 Å². The molecule has 1 saturated carbocycles. The molecule has 1 aromatic rings. The molecule has 1 aliphatic rings. The Hall–Kier alpha value is -0.900. The second-order valence-electron chi connectivity index (χ2n) is 4.68. The van der Waals surface area contributed by atoms with E-state index in [1.54, 1.807) is 0 Å². The largest absolute Gasteiger partial charge is 0.317 e. The van der Waals surface area contributed by atoms with Crippen LogP contribution in [0.15, 0.2) is 0 Å². The highest BCUT2D eigenvalue weighted by molar-refractivity contribution is 4.92. The zero-order chi connectivity index (χ0) is 10.8. The molecule has 0 aliphatic heterocycles. The van der Waals surface area contributed by atoms with Crippen molar-refractivity contribution in [3.63, 3.8) is 0 Å². The first-order valence-corrected chi connectivity index (χ1v) is 5.75. The molecule has 84 valence electrons. The van der Waals surface area contributed by atoms with Crippen molar-refractivity contribution in [3.8, 4) is 0 Å². The molecule has 1 heterocycles. The third kappa shape index (κ3) is 2.78. The van der Waals surface area contributed by atoms with Gasteiger partial charge < -0.3 is 9.88 Å². The lowest BCUT2D eigenvalue weighted by molar-refractivity contribution is 0.475. The summed E-state index contributed by atoms with van der Waals surface area (Å²) in [5.74, 6) is 2.98. The van der Waals surface area contributed by atoms with Gasteiger partial charge in [0.15, 0.2) is 0 Å². The molecular formula is C11H20N4. The molecule has 2 rings (SSSR count). The van der Waals surface area contributed by atoms with Crippen LogP contribution in [-0.2, 0) is 13.6 Å². The monoisotopic (exact) mass is 208 g/mol. The zero-order valence-corrected chi connectivity index (χ0v) is 9.82. The first-order chi connectivity index (χ1) is 7.16. The van der Waals surface area contributed by atoms with E-state index in [4.69, 9.17) is 0 Å². The normalized spacial score (nSPS) is 18.1. The fraction of sp³-hybridized carbons (Fsp3) is 0.818. The molecule has 0 aromatic carbocycles. The molecular weight excluding hydrogens is 188 g/mol. The molecule has 1 aliphatic carbocycles. The van der Waals surface area contributed by atoms with Gasteiger partial charge in [-0.1, -0.05) is 12.8 Å². The molecule has 0 bridgehead atoms. The molecule has 1 N–H and O–H groups in total. The molecule has 0 spiro atoms. The molecule has 0 radical (unpaired) electrons. The Morgan fingerprint density at radius 3 is 2.73 bits per heavy atom. The maximum atomic E-state index is 4.13. The smallest absolute Gasteiger partial charge is 0.146 e. The zero-order valence-electron chi connectivity index (χ0n) is 9.82. The summed E-state index contributed by atoms with van der Waals surface area (Å²) in [6.45, 7) is 5.05. The Balaban J connectivity index is 1.78. The Morgan fingerprint density at radius 1 is 1.47 bits per heavy atom. The SMILES string of the molecule is Cc1nnc(CNC(C)CC2CC2)n1C. The quantitative estimate of drug-likeness (QED) is 0.795. The molecule has 4 heteroatoms. The summed E-state index contributed by atoms with van der Waals surface area (Å²) < 4.78 is 2.04. The van der Waals surface area contributed by atoms with E-state index in [1.165, 1.54) is 19.3 Å². The summed E-state index contributed by atoms with van der Waals surface area (Å²) in [6.07, 6.45) is 4.15. The van der Waals surface area contributed by atoms with Crippen molar-refractivity contribution in [2.45, 2.75) is 45.7 Å². The van der Waals surface area contributed by atoms with Crippen LogP contribution < -0.4 is 5.32 Å². The van der Waals surface area contributed by atoms with Gasteiger partial charge in [0.1, 0.15) is 11.6 Å². The summed E-state index contributed by atoms with van der Waals surface area (Å²) in [4.78, 5) is 0. The highest BCUT2D eigenvalue weighted by Crippen LogP contribution is 2.33. The van der Waals surface area contributed by atoms with Gasteiger partial charge in [0.25, 0.3) is 0 Å². The first-order valence-electron chi connectivity index (χ1n) is 5.75. The van der Waals surface area contributed by atoms with Crippen molar-refractivity contribution in [1.29, 1.82) is 0 Å². The highest BCUT2D eigenvalue weighted by Gasteiger charge is 2.23. The third-order valence-electron chi connectivity index (χ3n) is 3.18. The minimum absolute atomic E-state index is 0.592. The van der Waals surface area contributed by atoms with Crippen molar-refractivity contribution in [3.05, 3.63) is 11.6 Å². The molecule has 0 saturated heterocycles. The molecule has 1 unspecified atom stereocenters. The van der Waals surface area contributed by atoms with Gasteiger partial charge in [0, 0.05) is 13.1 Å². The van der Waals surface area contributed by atoms with Gasteiger partial charge in [-0.25, -0.2) is 0 Å². The van der Waals surface area contributed by atoms with Crippen LogP contribution in [0.25, 0.3) is 0 Å². The van der Waals surface area contributed by atoms with Gasteiger partial charge >= 0.3 is 0 Å². The molecule has 4 nitrogen and oxygen atoms in total. The van der Waals surface area contributed by atoms with Crippen LogP contribution in [0.3, 0.4) is 0 Å². The predicted octanol–water partition coefficient (Wildman–Crippen LogP) is 1.40. The number of hydrogen-bond acceptors (Lipinski definition) is 3. The summed E-state index contributed by atoms with van der Waals surface area (Å²) in [5.41, 5.74) is 0. The van der Waals surface area contributed by atoms with Crippen LogP contribution in [0.4, 0.5) is 0 Å². The maximum Gasteiger partial charge on any atom is 0.146 e. The van der Waals surface area contributed by atoms with Crippen LogP contribution in [0, 0.1) is 12.8 Å².